The van der Waals surface area contributed by atoms with E-state index < -0.39 is 0 Å². The Hall–Kier alpha value is -0.600. The van der Waals surface area contributed by atoms with E-state index in [1.165, 1.54) is 0 Å². The Balaban J connectivity index is 2.95. The van der Waals surface area contributed by atoms with E-state index in [2.05, 4.69) is 10.4 Å². The highest BCUT2D eigenvalue weighted by atomic mass is 35.5. The molecule has 0 aromatic carbocycles. The van der Waals surface area contributed by atoms with E-state index in [0.717, 1.165) is 10.1 Å². The Morgan fingerprint density at radius 2 is 2.50 bits per heavy atom. The van der Waals surface area contributed by atoms with Crippen molar-refractivity contribution >= 4 is 33.0 Å². The summed E-state index contributed by atoms with van der Waals surface area (Å²) in [6, 6.07) is 3.79. The largest absolute Gasteiger partial charge is 0.244 e. The molecule has 0 bridgehead atoms. The second kappa shape index (κ2) is 2.22. The summed E-state index contributed by atoms with van der Waals surface area (Å²) in [5.41, 5.74) is 0. The first-order valence-corrected chi connectivity index (χ1v) is 3.97. The van der Waals surface area contributed by atoms with Crippen LogP contribution in [0.3, 0.4) is 0 Å². The fourth-order valence-electron chi connectivity index (χ4n) is 0.803. The van der Waals surface area contributed by atoms with E-state index in [1.54, 1.807) is 17.5 Å². The lowest BCUT2D eigenvalue weighted by atomic mass is 10.3. The Labute approximate surface area is 67.3 Å². The molecular weight excluding hydrogens is 166 g/mol. The van der Waals surface area contributed by atoms with Crippen LogP contribution in [-0.4, -0.2) is 4.98 Å². The number of rotatable bonds is 0. The fourth-order valence-corrected chi connectivity index (χ4v) is 1.77. The van der Waals surface area contributed by atoms with Crippen molar-refractivity contribution in [3.05, 3.63) is 28.9 Å². The zero-order chi connectivity index (χ0) is 6.97. The number of nitrogens with zero attached hydrogens (tertiary/aromatic N) is 1. The predicted octanol–water partition coefficient (Wildman–Crippen LogP) is 2.75. The highest BCUT2D eigenvalue weighted by molar-refractivity contribution is 7.16. The summed E-state index contributed by atoms with van der Waals surface area (Å²) in [5, 5.41) is 4.56. The molecule has 0 aliphatic heterocycles. The summed E-state index contributed by atoms with van der Waals surface area (Å²) >= 11 is 7.33. The van der Waals surface area contributed by atoms with Crippen LogP contribution in [0.4, 0.5) is 0 Å². The van der Waals surface area contributed by atoms with Crippen LogP contribution in [0.2, 0.25) is 5.15 Å². The van der Waals surface area contributed by atoms with Gasteiger partial charge in [-0.25, -0.2) is 4.98 Å². The molecule has 3 heteroatoms. The molecule has 2 aromatic rings. The molecule has 2 aromatic heterocycles. The number of hydrogen-bond acceptors (Lipinski definition) is 2. The maximum Gasteiger partial charge on any atom is 0.137 e. The van der Waals surface area contributed by atoms with E-state index in [0.29, 0.717) is 5.15 Å². The smallest absolute Gasteiger partial charge is 0.137 e. The molecule has 2 rings (SSSR count). The third-order valence-corrected chi connectivity index (χ3v) is 2.39. The average molecular weight is 169 g/mol. The van der Waals surface area contributed by atoms with Gasteiger partial charge < -0.3 is 0 Å². The van der Waals surface area contributed by atoms with Crippen molar-refractivity contribution < 1.29 is 0 Å². The molecule has 0 aliphatic rings. The van der Waals surface area contributed by atoms with Crippen LogP contribution >= 0.6 is 22.9 Å². The van der Waals surface area contributed by atoms with Crippen LogP contribution in [-0.2, 0) is 0 Å². The summed E-state index contributed by atoms with van der Waals surface area (Å²) in [6.45, 7) is 0. The third kappa shape index (κ3) is 0.805. The zero-order valence-electron chi connectivity index (χ0n) is 4.97. The first-order chi connectivity index (χ1) is 4.88. The molecule has 0 unspecified atom stereocenters. The number of hydrogen-bond donors (Lipinski definition) is 0. The van der Waals surface area contributed by atoms with E-state index in [4.69, 9.17) is 11.6 Å². The molecule has 0 aliphatic carbocycles. The quantitative estimate of drug-likeness (QED) is 0.552. The molecule has 1 nitrogen and oxygen atoms in total. The molecule has 0 spiro atoms. The highest BCUT2D eigenvalue weighted by Gasteiger charge is 1.98. The maximum absolute atomic E-state index is 5.77. The van der Waals surface area contributed by atoms with Crippen molar-refractivity contribution in [2.45, 2.75) is 0 Å². The molecule has 0 atom stereocenters. The van der Waals surface area contributed by atoms with Gasteiger partial charge in [-0.2, -0.15) is 0 Å². The van der Waals surface area contributed by atoms with Gasteiger partial charge in [0.15, 0.2) is 0 Å². The summed E-state index contributed by atoms with van der Waals surface area (Å²) in [6.07, 6.45) is 1.70. The molecule has 1 radical (unpaired) electrons. The van der Waals surface area contributed by atoms with Crippen LogP contribution in [0.5, 0.6) is 0 Å². The van der Waals surface area contributed by atoms with Gasteiger partial charge in [0.05, 0.1) is 0 Å². The van der Waals surface area contributed by atoms with Gasteiger partial charge in [0.1, 0.15) is 5.15 Å². The van der Waals surface area contributed by atoms with E-state index in [-0.39, 0.29) is 0 Å². The predicted molar refractivity (Wildman–Crippen MR) is 43.5 cm³/mol. The number of halogens is 1. The molecule has 0 amide bonds. The standard InChI is InChI=1S/C7H3ClNS/c8-7-5-2-4-10-6(5)1-3-9-7/h1-3H. The van der Waals surface area contributed by atoms with Gasteiger partial charge in [0.25, 0.3) is 0 Å². The van der Waals surface area contributed by atoms with Gasteiger partial charge in [-0.05, 0) is 12.1 Å². The Kier molecular flexibility index (Phi) is 1.36. The van der Waals surface area contributed by atoms with Crippen LogP contribution in [0, 0.1) is 5.38 Å². The lowest BCUT2D eigenvalue weighted by Gasteiger charge is -1.88. The Morgan fingerprint density at radius 3 is 3.30 bits per heavy atom. The molecule has 0 fully saturated rings. The number of pyridine rings is 1. The maximum atomic E-state index is 5.77. The molecule has 2 heterocycles. The van der Waals surface area contributed by atoms with Crippen molar-refractivity contribution in [2.24, 2.45) is 0 Å². The Bertz CT molecular complexity index is 355. The number of fused-ring (bicyclic) bond motifs is 1. The number of aromatic nitrogens is 1. The summed E-state index contributed by atoms with van der Waals surface area (Å²) in [7, 11) is 0. The van der Waals surface area contributed by atoms with Crippen molar-refractivity contribution in [3.8, 4) is 0 Å². The van der Waals surface area contributed by atoms with Crippen molar-refractivity contribution in [1.29, 1.82) is 0 Å². The van der Waals surface area contributed by atoms with Gasteiger partial charge >= 0.3 is 0 Å². The zero-order valence-corrected chi connectivity index (χ0v) is 6.54. The monoisotopic (exact) mass is 168 g/mol. The average Bonchev–Trinajstić information content (AvgIpc) is 2.36. The molecule has 0 saturated carbocycles. The minimum Gasteiger partial charge on any atom is -0.244 e. The normalized spacial score (nSPS) is 10.5. The summed E-state index contributed by atoms with van der Waals surface area (Å²) in [4.78, 5) is 3.93. The second-order valence-corrected chi connectivity index (χ2v) is 3.12. The molecule has 0 N–H and O–H groups in total. The molecule has 49 valence electrons. The lowest BCUT2D eigenvalue weighted by Crippen LogP contribution is -1.70. The minimum atomic E-state index is 0.565. The second-order valence-electron chi connectivity index (χ2n) is 1.88. The van der Waals surface area contributed by atoms with Crippen LogP contribution in [0.1, 0.15) is 0 Å². The molecule has 0 saturated heterocycles. The van der Waals surface area contributed by atoms with Crippen LogP contribution in [0.15, 0.2) is 18.3 Å². The van der Waals surface area contributed by atoms with Crippen LogP contribution < -0.4 is 0 Å². The van der Waals surface area contributed by atoms with Crippen molar-refractivity contribution in [3.63, 3.8) is 0 Å². The summed E-state index contributed by atoms with van der Waals surface area (Å²) < 4.78 is 1.14. The van der Waals surface area contributed by atoms with Gasteiger partial charge in [-0.1, -0.05) is 11.6 Å². The van der Waals surface area contributed by atoms with E-state index >= 15 is 0 Å². The van der Waals surface area contributed by atoms with Gasteiger partial charge in [0, 0.05) is 21.7 Å². The highest BCUT2D eigenvalue weighted by Crippen LogP contribution is 2.24. The van der Waals surface area contributed by atoms with Crippen molar-refractivity contribution in [2.75, 3.05) is 0 Å². The van der Waals surface area contributed by atoms with Gasteiger partial charge in [-0.3, -0.25) is 0 Å². The topological polar surface area (TPSA) is 12.9 Å². The molecule has 10 heavy (non-hydrogen) atoms. The molecular formula is C7H3ClNS. The van der Waals surface area contributed by atoms with Crippen molar-refractivity contribution in [1.82, 2.24) is 4.98 Å². The first-order valence-electron chi connectivity index (χ1n) is 2.78. The summed E-state index contributed by atoms with van der Waals surface area (Å²) in [5.74, 6) is 0. The SMILES string of the molecule is Clc1nccc2s[c]cc12. The van der Waals surface area contributed by atoms with Crippen LogP contribution in [0.25, 0.3) is 10.1 Å². The minimum absolute atomic E-state index is 0.565. The van der Waals surface area contributed by atoms with E-state index in [1.807, 2.05) is 12.1 Å². The van der Waals surface area contributed by atoms with E-state index in [9.17, 15) is 0 Å². The fraction of sp³-hybridized carbons (Fsp3) is 0. The first kappa shape index (κ1) is 6.13. The van der Waals surface area contributed by atoms with Gasteiger partial charge in [0.2, 0.25) is 0 Å². The number of thiophene rings is 1. The van der Waals surface area contributed by atoms with Gasteiger partial charge in [-0.15, -0.1) is 11.3 Å². The lowest BCUT2D eigenvalue weighted by molar-refractivity contribution is 1.37. The third-order valence-electron chi connectivity index (χ3n) is 1.27. The Morgan fingerprint density at radius 1 is 1.60 bits per heavy atom.